The van der Waals surface area contributed by atoms with Crippen LogP contribution in [0, 0.1) is 6.92 Å². The molecule has 3 aromatic heterocycles. The standard InChI is InChI=1S/C28H33ClN8O2/c1-19-4-6-31-21(14-19)16-37-27(35-25-26(32-18-33-28(25)37)34-20-5-12-38-17-20)23-3-2-22(15-24(23)29)39-13-11-36-9-7-30-8-10-36/h2-4,6,14-15,18,20,30H,5,7-13,16-17H2,1H3,(H,32,33,34)/t20-/m0/s1. The summed E-state index contributed by atoms with van der Waals surface area (Å²) >= 11 is 6.86. The Balaban J connectivity index is 1.31. The predicted octanol–water partition coefficient (Wildman–Crippen LogP) is 3.38. The van der Waals surface area contributed by atoms with E-state index in [2.05, 4.69) is 48.0 Å². The van der Waals surface area contributed by atoms with Crippen molar-refractivity contribution < 1.29 is 9.47 Å². The van der Waals surface area contributed by atoms with Crippen LogP contribution in [0.1, 0.15) is 17.7 Å². The van der Waals surface area contributed by atoms with Gasteiger partial charge in [0.2, 0.25) is 0 Å². The number of anilines is 1. The number of ether oxygens (including phenoxy) is 2. The number of benzene rings is 1. The van der Waals surface area contributed by atoms with Crippen molar-refractivity contribution in [2.75, 3.05) is 57.9 Å². The number of nitrogens with one attached hydrogen (secondary N) is 2. The lowest BCUT2D eigenvalue weighted by molar-refractivity contribution is 0.191. The summed E-state index contributed by atoms with van der Waals surface area (Å²) < 4.78 is 13.6. The van der Waals surface area contributed by atoms with Crippen molar-refractivity contribution in [3.63, 3.8) is 0 Å². The molecule has 1 aromatic carbocycles. The molecule has 2 aliphatic heterocycles. The second-order valence-corrected chi connectivity index (χ2v) is 10.4. The molecule has 10 nitrogen and oxygen atoms in total. The lowest BCUT2D eigenvalue weighted by Gasteiger charge is -2.26. The first-order valence-electron chi connectivity index (χ1n) is 13.5. The summed E-state index contributed by atoms with van der Waals surface area (Å²) in [6.07, 6.45) is 4.32. The molecule has 0 spiro atoms. The van der Waals surface area contributed by atoms with Gasteiger partial charge < -0.3 is 24.7 Å². The molecule has 0 amide bonds. The van der Waals surface area contributed by atoms with E-state index in [9.17, 15) is 0 Å². The third-order valence-electron chi connectivity index (χ3n) is 7.16. The minimum atomic E-state index is 0.191. The summed E-state index contributed by atoms with van der Waals surface area (Å²) in [7, 11) is 0. The topological polar surface area (TPSA) is 102 Å². The highest BCUT2D eigenvalue weighted by Crippen LogP contribution is 2.34. The number of pyridine rings is 1. The van der Waals surface area contributed by atoms with Gasteiger partial charge in [-0.15, -0.1) is 0 Å². The minimum Gasteiger partial charge on any atom is -0.492 e. The highest BCUT2D eigenvalue weighted by Gasteiger charge is 2.23. The molecule has 0 radical (unpaired) electrons. The fourth-order valence-corrected chi connectivity index (χ4v) is 5.34. The fourth-order valence-electron chi connectivity index (χ4n) is 5.08. The zero-order valence-electron chi connectivity index (χ0n) is 22.1. The van der Waals surface area contributed by atoms with E-state index in [0.29, 0.717) is 41.9 Å². The van der Waals surface area contributed by atoms with Crippen LogP contribution < -0.4 is 15.4 Å². The van der Waals surface area contributed by atoms with Crippen LogP contribution in [-0.4, -0.2) is 88.0 Å². The van der Waals surface area contributed by atoms with E-state index in [1.54, 1.807) is 6.33 Å². The third kappa shape index (κ3) is 5.99. The Morgan fingerprint density at radius 2 is 2.05 bits per heavy atom. The number of piperazine rings is 1. The lowest BCUT2D eigenvalue weighted by Crippen LogP contribution is -2.44. The third-order valence-corrected chi connectivity index (χ3v) is 7.47. The van der Waals surface area contributed by atoms with Crippen molar-refractivity contribution in [3.8, 4) is 17.1 Å². The number of halogens is 1. The first-order chi connectivity index (χ1) is 19.1. The molecular formula is C28H33ClN8O2. The molecule has 6 rings (SSSR count). The second kappa shape index (κ2) is 11.8. The van der Waals surface area contributed by atoms with Crippen LogP contribution in [0.4, 0.5) is 5.82 Å². The van der Waals surface area contributed by atoms with Gasteiger partial charge in [0.25, 0.3) is 0 Å². The number of rotatable bonds is 9. The van der Waals surface area contributed by atoms with E-state index in [-0.39, 0.29) is 6.04 Å². The van der Waals surface area contributed by atoms with Crippen LogP contribution >= 0.6 is 11.6 Å². The van der Waals surface area contributed by atoms with E-state index in [4.69, 9.17) is 26.1 Å². The number of imidazole rings is 1. The van der Waals surface area contributed by atoms with Gasteiger partial charge in [-0.25, -0.2) is 15.0 Å². The molecule has 4 aromatic rings. The Hall–Kier alpha value is -3.31. The molecule has 2 N–H and O–H groups in total. The molecule has 2 aliphatic rings. The van der Waals surface area contributed by atoms with Crippen LogP contribution in [0.2, 0.25) is 5.02 Å². The quantitative estimate of drug-likeness (QED) is 0.326. The molecule has 1 atom stereocenters. The summed E-state index contributed by atoms with van der Waals surface area (Å²) in [6, 6.07) is 10.0. The number of aromatic nitrogens is 5. The molecule has 0 saturated carbocycles. The summed E-state index contributed by atoms with van der Waals surface area (Å²) in [5.74, 6) is 2.14. The van der Waals surface area contributed by atoms with Gasteiger partial charge in [0.1, 0.15) is 24.5 Å². The van der Waals surface area contributed by atoms with E-state index >= 15 is 0 Å². The normalized spacial score (nSPS) is 18.1. The van der Waals surface area contributed by atoms with Gasteiger partial charge in [0.05, 0.1) is 29.9 Å². The van der Waals surface area contributed by atoms with E-state index < -0.39 is 0 Å². The van der Waals surface area contributed by atoms with Gasteiger partial charge in [0.15, 0.2) is 17.0 Å². The van der Waals surface area contributed by atoms with Crippen molar-refractivity contribution in [1.29, 1.82) is 0 Å². The Morgan fingerprint density at radius 1 is 1.15 bits per heavy atom. The highest BCUT2D eigenvalue weighted by molar-refractivity contribution is 6.33. The maximum atomic E-state index is 6.86. The maximum absolute atomic E-state index is 6.86. The van der Waals surface area contributed by atoms with Crippen molar-refractivity contribution in [3.05, 3.63) is 59.1 Å². The summed E-state index contributed by atoms with van der Waals surface area (Å²) in [5, 5.41) is 7.43. The van der Waals surface area contributed by atoms with Gasteiger partial charge in [0, 0.05) is 51.1 Å². The molecule has 0 aliphatic carbocycles. The van der Waals surface area contributed by atoms with E-state index in [1.807, 2.05) is 30.5 Å². The zero-order chi connectivity index (χ0) is 26.6. The molecule has 5 heterocycles. The Kier molecular flexibility index (Phi) is 7.87. The molecule has 204 valence electrons. The Labute approximate surface area is 232 Å². The number of fused-ring (bicyclic) bond motifs is 1. The second-order valence-electron chi connectivity index (χ2n) is 10.0. The molecular weight excluding hydrogens is 516 g/mol. The van der Waals surface area contributed by atoms with Crippen molar-refractivity contribution in [2.45, 2.75) is 25.9 Å². The van der Waals surface area contributed by atoms with Crippen LogP contribution in [0.15, 0.2) is 42.9 Å². The fraction of sp³-hybridized carbons (Fsp3) is 0.429. The van der Waals surface area contributed by atoms with Gasteiger partial charge in [-0.3, -0.25) is 9.88 Å². The molecule has 2 saturated heterocycles. The van der Waals surface area contributed by atoms with Crippen LogP contribution in [0.5, 0.6) is 5.75 Å². The first-order valence-corrected chi connectivity index (χ1v) is 13.8. The average molecular weight is 549 g/mol. The average Bonchev–Trinajstić information content (AvgIpc) is 3.58. The first kappa shape index (κ1) is 25.9. The predicted molar refractivity (Wildman–Crippen MR) is 151 cm³/mol. The number of nitrogens with zero attached hydrogens (tertiary/aromatic N) is 6. The SMILES string of the molecule is Cc1ccnc(Cn2c(-c3ccc(OCCN4CCNCC4)cc3Cl)nc3c(N[C@H]4CCOC4)ncnc32)c1. The summed E-state index contributed by atoms with van der Waals surface area (Å²) in [4.78, 5) is 21.2. The molecule has 0 unspecified atom stereocenters. The number of hydrogen-bond acceptors (Lipinski definition) is 9. The Morgan fingerprint density at radius 3 is 2.85 bits per heavy atom. The van der Waals surface area contributed by atoms with Crippen molar-refractivity contribution in [1.82, 2.24) is 34.7 Å². The molecule has 39 heavy (non-hydrogen) atoms. The number of hydrogen-bond donors (Lipinski definition) is 2. The largest absolute Gasteiger partial charge is 0.492 e. The summed E-state index contributed by atoms with van der Waals surface area (Å²) in [6.45, 7) is 9.58. The monoisotopic (exact) mass is 548 g/mol. The van der Waals surface area contributed by atoms with Gasteiger partial charge in [-0.05, 0) is 49.2 Å². The van der Waals surface area contributed by atoms with Crippen LogP contribution in [0.25, 0.3) is 22.6 Å². The van der Waals surface area contributed by atoms with Gasteiger partial charge in [-0.2, -0.15) is 0 Å². The summed E-state index contributed by atoms with van der Waals surface area (Å²) in [5.41, 5.74) is 4.27. The molecule has 0 bridgehead atoms. The van der Waals surface area contributed by atoms with Crippen molar-refractivity contribution >= 4 is 28.6 Å². The molecule has 2 fully saturated rings. The maximum Gasteiger partial charge on any atom is 0.166 e. The van der Waals surface area contributed by atoms with Crippen LogP contribution in [-0.2, 0) is 11.3 Å². The lowest BCUT2D eigenvalue weighted by atomic mass is 10.2. The molecule has 11 heteroatoms. The van der Waals surface area contributed by atoms with Crippen LogP contribution in [0.3, 0.4) is 0 Å². The minimum absolute atomic E-state index is 0.191. The smallest absolute Gasteiger partial charge is 0.166 e. The van der Waals surface area contributed by atoms with E-state index in [1.165, 1.54) is 0 Å². The highest BCUT2D eigenvalue weighted by atomic mass is 35.5. The van der Waals surface area contributed by atoms with Gasteiger partial charge >= 0.3 is 0 Å². The number of aryl methyl sites for hydroxylation is 1. The van der Waals surface area contributed by atoms with E-state index in [0.717, 1.165) is 74.0 Å². The van der Waals surface area contributed by atoms with Crippen molar-refractivity contribution in [2.24, 2.45) is 0 Å². The Bertz CT molecular complexity index is 1430. The zero-order valence-corrected chi connectivity index (χ0v) is 22.8. The van der Waals surface area contributed by atoms with Gasteiger partial charge in [-0.1, -0.05) is 11.6 Å².